The lowest BCUT2D eigenvalue weighted by molar-refractivity contribution is 0.624. The van der Waals surface area contributed by atoms with Crippen LogP contribution in [0, 0.1) is 6.92 Å². The molecular weight excluding hydrogens is 270 g/mol. The summed E-state index contributed by atoms with van der Waals surface area (Å²) >= 11 is 0. The molecule has 1 heterocycles. The highest BCUT2D eigenvalue weighted by Crippen LogP contribution is 2.25. The number of anilines is 2. The van der Waals surface area contributed by atoms with Crippen molar-refractivity contribution in [1.29, 1.82) is 0 Å². The van der Waals surface area contributed by atoms with Crippen LogP contribution < -0.4 is 10.6 Å². The molecule has 3 nitrogen and oxygen atoms in total. The zero-order valence-corrected chi connectivity index (χ0v) is 13.3. The number of nitrogens with one attached hydrogen (secondary N) is 2. The Balaban J connectivity index is 1.87. The number of fused-ring (bicyclic) bond motifs is 1. The van der Waals surface area contributed by atoms with Crippen LogP contribution in [0.1, 0.15) is 37.3 Å². The fourth-order valence-electron chi connectivity index (χ4n) is 2.66. The molecule has 2 N–H and O–H groups in total. The van der Waals surface area contributed by atoms with E-state index in [0.717, 1.165) is 29.2 Å². The first kappa shape index (κ1) is 14.6. The Morgan fingerprint density at radius 3 is 2.64 bits per heavy atom. The molecule has 0 saturated heterocycles. The van der Waals surface area contributed by atoms with Crippen molar-refractivity contribution in [3.63, 3.8) is 0 Å². The highest BCUT2D eigenvalue weighted by molar-refractivity contribution is 6.12. The lowest BCUT2D eigenvalue weighted by Gasteiger charge is -2.26. The molecule has 0 saturated carbocycles. The van der Waals surface area contributed by atoms with Crippen molar-refractivity contribution in [3.8, 4) is 0 Å². The molecule has 0 radical (unpaired) electrons. The number of aliphatic imine (C=N–C) groups is 1. The number of para-hydroxylation sites is 1. The molecule has 0 spiro atoms. The molecule has 1 aliphatic rings. The van der Waals surface area contributed by atoms with Gasteiger partial charge in [0, 0.05) is 16.9 Å². The van der Waals surface area contributed by atoms with Gasteiger partial charge in [-0.05, 0) is 44.0 Å². The van der Waals surface area contributed by atoms with Crippen LogP contribution in [0.4, 0.5) is 11.4 Å². The molecular formula is C19H23N3. The Morgan fingerprint density at radius 2 is 1.86 bits per heavy atom. The summed E-state index contributed by atoms with van der Waals surface area (Å²) in [5, 5.41) is 7.01. The standard InChI is InChI=1S/C19H23N3/c1-3-4-9-18-21-17-8-6-5-7-16(17)19(22-18)20-15-12-10-14(2)11-13-15/h5-8,10-13,18,21H,3-4,9H2,1-2H3,(H,20,22). The van der Waals surface area contributed by atoms with Crippen molar-refractivity contribution in [1.82, 2.24) is 0 Å². The van der Waals surface area contributed by atoms with E-state index >= 15 is 0 Å². The van der Waals surface area contributed by atoms with Gasteiger partial charge >= 0.3 is 0 Å². The van der Waals surface area contributed by atoms with Crippen LogP contribution >= 0.6 is 0 Å². The fourth-order valence-corrected chi connectivity index (χ4v) is 2.66. The van der Waals surface area contributed by atoms with E-state index in [0.29, 0.717) is 0 Å². The SMILES string of the molecule is CCCCC1N=C(Nc2ccc(C)cc2)c2ccccc2N1. The topological polar surface area (TPSA) is 36.4 Å². The minimum absolute atomic E-state index is 0.155. The molecule has 3 rings (SSSR count). The van der Waals surface area contributed by atoms with Crippen LogP contribution in [0.25, 0.3) is 0 Å². The van der Waals surface area contributed by atoms with Crippen LogP contribution in [-0.4, -0.2) is 12.0 Å². The molecule has 0 aromatic heterocycles. The highest BCUT2D eigenvalue weighted by Gasteiger charge is 2.19. The molecule has 3 heteroatoms. The number of amidine groups is 1. The van der Waals surface area contributed by atoms with Crippen molar-refractivity contribution < 1.29 is 0 Å². The molecule has 1 atom stereocenters. The predicted octanol–water partition coefficient (Wildman–Crippen LogP) is 4.80. The fraction of sp³-hybridized carbons (Fsp3) is 0.316. The first-order valence-corrected chi connectivity index (χ1v) is 8.03. The number of rotatable bonds is 4. The second-order valence-corrected chi connectivity index (χ2v) is 5.82. The molecule has 2 aromatic rings. The molecule has 0 fully saturated rings. The number of benzene rings is 2. The van der Waals surface area contributed by atoms with E-state index in [4.69, 9.17) is 4.99 Å². The lowest BCUT2D eigenvalue weighted by Crippen LogP contribution is -2.29. The number of hydrogen-bond donors (Lipinski definition) is 2. The van der Waals surface area contributed by atoms with Gasteiger partial charge < -0.3 is 10.6 Å². The van der Waals surface area contributed by atoms with Crippen LogP contribution in [0.2, 0.25) is 0 Å². The molecule has 114 valence electrons. The first-order valence-electron chi connectivity index (χ1n) is 8.03. The second-order valence-electron chi connectivity index (χ2n) is 5.82. The van der Waals surface area contributed by atoms with E-state index in [1.165, 1.54) is 18.4 Å². The van der Waals surface area contributed by atoms with Gasteiger partial charge in [0.25, 0.3) is 0 Å². The first-order chi connectivity index (χ1) is 10.8. The molecule has 1 unspecified atom stereocenters. The van der Waals surface area contributed by atoms with Gasteiger partial charge in [0.05, 0.1) is 0 Å². The summed E-state index contributed by atoms with van der Waals surface area (Å²) in [7, 11) is 0. The zero-order chi connectivity index (χ0) is 15.4. The molecule has 22 heavy (non-hydrogen) atoms. The Bertz CT molecular complexity index is 659. The van der Waals surface area contributed by atoms with E-state index in [-0.39, 0.29) is 6.17 Å². The van der Waals surface area contributed by atoms with Crippen molar-refractivity contribution in [2.24, 2.45) is 4.99 Å². The Morgan fingerprint density at radius 1 is 1.09 bits per heavy atom. The Hall–Kier alpha value is -2.29. The normalized spacial score (nSPS) is 16.5. The van der Waals surface area contributed by atoms with Gasteiger partial charge in [-0.1, -0.05) is 43.2 Å². The molecule has 1 aliphatic heterocycles. The van der Waals surface area contributed by atoms with Gasteiger partial charge in [-0.3, -0.25) is 0 Å². The third-order valence-electron chi connectivity index (χ3n) is 3.93. The quantitative estimate of drug-likeness (QED) is 0.850. The third kappa shape index (κ3) is 3.30. The minimum atomic E-state index is 0.155. The summed E-state index contributed by atoms with van der Waals surface area (Å²) in [5.74, 6) is 0.958. The predicted molar refractivity (Wildman–Crippen MR) is 94.7 cm³/mol. The van der Waals surface area contributed by atoms with Crippen molar-refractivity contribution in [3.05, 3.63) is 59.7 Å². The molecule has 2 aromatic carbocycles. The molecule has 0 aliphatic carbocycles. The van der Waals surface area contributed by atoms with Crippen molar-refractivity contribution in [2.45, 2.75) is 39.3 Å². The van der Waals surface area contributed by atoms with Crippen molar-refractivity contribution >= 4 is 17.2 Å². The largest absolute Gasteiger partial charge is 0.363 e. The van der Waals surface area contributed by atoms with Crippen LogP contribution in [0.3, 0.4) is 0 Å². The number of unbranched alkanes of at least 4 members (excludes halogenated alkanes) is 1. The van der Waals surface area contributed by atoms with Crippen LogP contribution in [0.5, 0.6) is 0 Å². The van der Waals surface area contributed by atoms with Gasteiger partial charge in [0.15, 0.2) is 0 Å². The molecule has 0 amide bonds. The summed E-state index contributed by atoms with van der Waals surface area (Å²) in [6.45, 7) is 4.31. The minimum Gasteiger partial charge on any atom is -0.363 e. The van der Waals surface area contributed by atoms with Gasteiger partial charge in [-0.15, -0.1) is 0 Å². The van der Waals surface area contributed by atoms with E-state index in [1.807, 2.05) is 0 Å². The maximum absolute atomic E-state index is 4.87. The van der Waals surface area contributed by atoms with Gasteiger partial charge in [0.1, 0.15) is 12.0 Å². The third-order valence-corrected chi connectivity index (χ3v) is 3.93. The maximum Gasteiger partial charge on any atom is 0.137 e. The van der Waals surface area contributed by atoms with Gasteiger partial charge in [-0.25, -0.2) is 4.99 Å². The van der Waals surface area contributed by atoms with E-state index < -0.39 is 0 Å². The lowest BCUT2D eigenvalue weighted by atomic mass is 10.1. The monoisotopic (exact) mass is 293 g/mol. The van der Waals surface area contributed by atoms with Crippen LogP contribution in [-0.2, 0) is 0 Å². The van der Waals surface area contributed by atoms with E-state index in [1.54, 1.807) is 0 Å². The highest BCUT2D eigenvalue weighted by atomic mass is 15.2. The second kappa shape index (κ2) is 6.65. The van der Waals surface area contributed by atoms with E-state index in [9.17, 15) is 0 Å². The Kier molecular flexibility index (Phi) is 4.42. The number of hydrogen-bond acceptors (Lipinski definition) is 3. The van der Waals surface area contributed by atoms with E-state index in [2.05, 4.69) is 73.0 Å². The van der Waals surface area contributed by atoms with Gasteiger partial charge in [-0.2, -0.15) is 0 Å². The van der Waals surface area contributed by atoms with Crippen LogP contribution in [0.15, 0.2) is 53.5 Å². The summed E-state index contributed by atoms with van der Waals surface area (Å²) < 4.78 is 0. The summed E-state index contributed by atoms with van der Waals surface area (Å²) in [4.78, 5) is 4.87. The zero-order valence-electron chi connectivity index (χ0n) is 13.3. The number of nitrogens with zero attached hydrogens (tertiary/aromatic N) is 1. The molecule has 0 bridgehead atoms. The number of aryl methyl sites for hydroxylation is 1. The summed E-state index contributed by atoms with van der Waals surface area (Å²) in [6.07, 6.45) is 3.59. The average Bonchev–Trinajstić information content (AvgIpc) is 2.55. The summed E-state index contributed by atoms with van der Waals surface area (Å²) in [6, 6.07) is 16.8. The Labute approximate surface area is 132 Å². The maximum atomic E-state index is 4.87. The smallest absolute Gasteiger partial charge is 0.137 e. The summed E-state index contributed by atoms with van der Waals surface area (Å²) in [5.41, 5.74) is 4.64. The van der Waals surface area contributed by atoms with Gasteiger partial charge in [0.2, 0.25) is 0 Å². The average molecular weight is 293 g/mol. The van der Waals surface area contributed by atoms with Crippen molar-refractivity contribution in [2.75, 3.05) is 10.6 Å².